The third-order valence-corrected chi connectivity index (χ3v) is 3.53. The van der Waals surface area contributed by atoms with E-state index in [1.165, 1.54) is 16.7 Å². The van der Waals surface area contributed by atoms with Gasteiger partial charge in [-0.05, 0) is 50.0 Å². The normalized spacial score (nSPS) is 14.2. The van der Waals surface area contributed by atoms with Gasteiger partial charge in [0.1, 0.15) is 0 Å². The molecule has 0 amide bonds. The van der Waals surface area contributed by atoms with Crippen molar-refractivity contribution in [3.63, 3.8) is 0 Å². The van der Waals surface area contributed by atoms with Crippen molar-refractivity contribution in [3.05, 3.63) is 47.7 Å². The van der Waals surface area contributed by atoms with E-state index in [4.69, 9.17) is 9.47 Å². The lowest BCUT2D eigenvalue weighted by Gasteiger charge is -2.09. The van der Waals surface area contributed by atoms with Crippen molar-refractivity contribution in [2.24, 2.45) is 0 Å². The Kier molecular flexibility index (Phi) is 7.10. The number of benzene rings is 1. The van der Waals surface area contributed by atoms with Gasteiger partial charge in [-0.25, -0.2) is 0 Å². The quantitative estimate of drug-likeness (QED) is 0.519. The van der Waals surface area contributed by atoms with Crippen LogP contribution in [0.25, 0.3) is 11.1 Å². The molecule has 2 nitrogen and oxygen atoms in total. The highest BCUT2D eigenvalue weighted by molar-refractivity contribution is 5.68. The zero-order valence-corrected chi connectivity index (χ0v) is 13.3. The number of hydrogen-bond acceptors (Lipinski definition) is 2. The lowest BCUT2D eigenvalue weighted by molar-refractivity contribution is 0.0877. The van der Waals surface area contributed by atoms with Crippen molar-refractivity contribution in [2.75, 3.05) is 13.7 Å². The van der Waals surface area contributed by atoms with Crippen LogP contribution in [0.4, 0.5) is 0 Å². The summed E-state index contributed by atoms with van der Waals surface area (Å²) in [4.78, 5) is 0. The molecular formula is C18H26O2. The zero-order chi connectivity index (χ0) is 15.0. The Balaban J connectivity index is 2.56. The summed E-state index contributed by atoms with van der Waals surface area (Å²) in [5.74, 6) is 0. The predicted octanol–water partition coefficient (Wildman–Crippen LogP) is 4.91. The van der Waals surface area contributed by atoms with Gasteiger partial charge in [0.15, 0.2) is 0 Å². The smallest absolute Gasteiger partial charge is 0.0898 e. The van der Waals surface area contributed by atoms with Gasteiger partial charge in [0.05, 0.1) is 19.0 Å². The van der Waals surface area contributed by atoms with E-state index in [0.29, 0.717) is 6.61 Å². The Labute approximate surface area is 123 Å². The highest BCUT2D eigenvalue weighted by atomic mass is 16.5. The number of ether oxygens (including phenoxy) is 2. The van der Waals surface area contributed by atoms with Crippen LogP contribution >= 0.6 is 0 Å². The maximum atomic E-state index is 5.57. The summed E-state index contributed by atoms with van der Waals surface area (Å²) in [5, 5.41) is 0. The first kappa shape index (κ1) is 16.5. The topological polar surface area (TPSA) is 18.5 Å². The van der Waals surface area contributed by atoms with E-state index in [9.17, 15) is 0 Å². The van der Waals surface area contributed by atoms with Gasteiger partial charge in [-0.3, -0.25) is 0 Å². The molecule has 1 aromatic carbocycles. The fourth-order valence-electron chi connectivity index (χ4n) is 1.77. The molecule has 110 valence electrons. The van der Waals surface area contributed by atoms with Crippen molar-refractivity contribution in [1.82, 2.24) is 0 Å². The minimum absolute atomic E-state index is 0.242. The fourth-order valence-corrected chi connectivity index (χ4v) is 1.77. The summed E-state index contributed by atoms with van der Waals surface area (Å²) in [6, 6.07) is 8.56. The summed E-state index contributed by atoms with van der Waals surface area (Å²) >= 11 is 0. The summed E-state index contributed by atoms with van der Waals surface area (Å²) in [7, 11) is 1.72. The minimum Gasteiger partial charge on any atom is -0.501 e. The lowest BCUT2D eigenvalue weighted by atomic mass is 10.0. The molecule has 2 heteroatoms. The molecule has 0 aliphatic rings. The molecule has 0 saturated heterocycles. The number of methoxy groups -OCH3 is 1. The molecular weight excluding hydrogens is 248 g/mol. The average molecular weight is 274 g/mol. The van der Waals surface area contributed by atoms with Gasteiger partial charge in [0.25, 0.3) is 0 Å². The van der Waals surface area contributed by atoms with E-state index >= 15 is 0 Å². The van der Waals surface area contributed by atoms with E-state index in [-0.39, 0.29) is 6.10 Å². The number of allylic oxidation sites excluding steroid dienone is 3. The third kappa shape index (κ3) is 5.22. The Morgan fingerprint density at radius 2 is 1.65 bits per heavy atom. The van der Waals surface area contributed by atoms with Crippen molar-refractivity contribution in [3.8, 4) is 0 Å². The van der Waals surface area contributed by atoms with E-state index in [1.54, 1.807) is 7.11 Å². The van der Waals surface area contributed by atoms with E-state index in [2.05, 4.69) is 51.1 Å². The van der Waals surface area contributed by atoms with Crippen LogP contribution in [-0.4, -0.2) is 19.8 Å². The van der Waals surface area contributed by atoms with Gasteiger partial charge in [0, 0.05) is 13.5 Å². The molecule has 0 radical (unpaired) electrons. The second kappa shape index (κ2) is 8.60. The Hall–Kier alpha value is -1.54. The van der Waals surface area contributed by atoms with Gasteiger partial charge in [-0.2, -0.15) is 0 Å². The van der Waals surface area contributed by atoms with Crippen LogP contribution in [0, 0.1) is 0 Å². The van der Waals surface area contributed by atoms with Gasteiger partial charge in [-0.15, -0.1) is 0 Å². The second-order valence-corrected chi connectivity index (χ2v) is 5.06. The summed E-state index contributed by atoms with van der Waals surface area (Å²) in [6.07, 6.45) is 5.10. The average Bonchev–Trinajstić information content (AvgIpc) is 2.50. The fraction of sp³-hybridized carbons (Fsp3) is 0.444. The monoisotopic (exact) mass is 274 g/mol. The molecule has 0 aromatic heterocycles. The van der Waals surface area contributed by atoms with Crippen molar-refractivity contribution in [2.45, 2.75) is 40.2 Å². The third-order valence-electron chi connectivity index (χ3n) is 3.53. The number of hydrogen-bond donors (Lipinski definition) is 0. The highest BCUT2D eigenvalue weighted by Crippen LogP contribution is 2.19. The standard InChI is InChI=1S/C18H26O2/c1-6-14(2)17-7-9-18(10-8-17)15(3)13-20-12-11-16(4)19-5/h6-10,13,16H,11-12H2,1-5H3/b14-6+,15-13+. The molecule has 0 saturated carbocycles. The second-order valence-electron chi connectivity index (χ2n) is 5.06. The van der Waals surface area contributed by atoms with Gasteiger partial charge in [-0.1, -0.05) is 30.3 Å². The van der Waals surface area contributed by atoms with Crippen LogP contribution < -0.4 is 0 Å². The molecule has 20 heavy (non-hydrogen) atoms. The SMILES string of the molecule is C/C=C(\C)c1ccc(/C(C)=C/OCCC(C)OC)cc1. The molecule has 0 N–H and O–H groups in total. The molecule has 0 spiro atoms. The predicted molar refractivity (Wildman–Crippen MR) is 86.5 cm³/mol. The Morgan fingerprint density at radius 1 is 1.10 bits per heavy atom. The lowest BCUT2D eigenvalue weighted by Crippen LogP contribution is -2.07. The van der Waals surface area contributed by atoms with Crippen LogP contribution in [0.15, 0.2) is 36.6 Å². The van der Waals surface area contributed by atoms with E-state index in [1.807, 2.05) is 13.2 Å². The summed E-state index contributed by atoms with van der Waals surface area (Å²) in [5.41, 5.74) is 4.89. The molecule has 0 bridgehead atoms. The van der Waals surface area contributed by atoms with Crippen molar-refractivity contribution in [1.29, 1.82) is 0 Å². The first-order valence-corrected chi connectivity index (χ1v) is 7.13. The van der Waals surface area contributed by atoms with E-state index in [0.717, 1.165) is 12.0 Å². The van der Waals surface area contributed by atoms with Crippen molar-refractivity contribution >= 4 is 11.1 Å². The van der Waals surface area contributed by atoms with Crippen molar-refractivity contribution < 1.29 is 9.47 Å². The molecule has 1 aromatic rings. The Bertz CT molecular complexity index is 455. The maximum absolute atomic E-state index is 5.57. The molecule has 1 atom stereocenters. The molecule has 0 aliphatic heterocycles. The van der Waals surface area contributed by atoms with Crippen LogP contribution in [0.2, 0.25) is 0 Å². The minimum atomic E-state index is 0.242. The largest absolute Gasteiger partial charge is 0.501 e. The molecule has 0 heterocycles. The van der Waals surface area contributed by atoms with Crippen LogP contribution in [0.3, 0.4) is 0 Å². The van der Waals surface area contributed by atoms with Gasteiger partial charge >= 0.3 is 0 Å². The van der Waals surface area contributed by atoms with Gasteiger partial charge in [0.2, 0.25) is 0 Å². The molecule has 1 rings (SSSR count). The number of rotatable bonds is 7. The Morgan fingerprint density at radius 3 is 2.15 bits per heavy atom. The molecule has 0 aliphatic carbocycles. The zero-order valence-electron chi connectivity index (χ0n) is 13.3. The highest BCUT2D eigenvalue weighted by Gasteiger charge is 2.00. The molecule has 0 fully saturated rings. The molecule has 1 unspecified atom stereocenters. The summed E-state index contributed by atoms with van der Waals surface area (Å²) < 4.78 is 10.7. The maximum Gasteiger partial charge on any atom is 0.0898 e. The first-order valence-electron chi connectivity index (χ1n) is 7.13. The first-order chi connectivity index (χ1) is 9.58. The van der Waals surface area contributed by atoms with Gasteiger partial charge < -0.3 is 9.47 Å². The van der Waals surface area contributed by atoms with Crippen LogP contribution in [0.5, 0.6) is 0 Å². The summed E-state index contributed by atoms with van der Waals surface area (Å²) in [6.45, 7) is 8.97. The van der Waals surface area contributed by atoms with E-state index < -0.39 is 0 Å². The van der Waals surface area contributed by atoms with Crippen LogP contribution in [-0.2, 0) is 9.47 Å². The van der Waals surface area contributed by atoms with Crippen LogP contribution in [0.1, 0.15) is 45.2 Å².